The standard InChI is InChI=1S/C17H14N4O2/c18-17(23)16-15-12(6-3-7-13(15)22)21(20-16)14-9-8-10-4-1-2-5-11(10)19-14/h1-2,4-5,8-9H,3,6-7H2,(H2,18,23). The zero-order chi connectivity index (χ0) is 16.0. The summed E-state index contributed by atoms with van der Waals surface area (Å²) < 4.78 is 1.58. The fourth-order valence-electron chi connectivity index (χ4n) is 3.05. The Bertz CT molecular complexity index is 958. The van der Waals surface area contributed by atoms with Crippen molar-refractivity contribution < 1.29 is 9.59 Å². The van der Waals surface area contributed by atoms with Crippen LogP contribution in [0.4, 0.5) is 0 Å². The average molecular weight is 306 g/mol. The summed E-state index contributed by atoms with van der Waals surface area (Å²) in [4.78, 5) is 28.4. The van der Waals surface area contributed by atoms with E-state index in [1.54, 1.807) is 4.68 Å². The van der Waals surface area contributed by atoms with Gasteiger partial charge in [0.2, 0.25) is 0 Å². The van der Waals surface area contributed by atoms with Gasteiger partial charge in [-0.1, -0.05) is 18.2 Å². The number of nitrogens with two attached hydrogens (primary N) is 1. The highest BCUT2D eigenvalue weighted by Crippen LogP contribution is 2.27. The highest BCUT2D eigenvalue weighted by atomic mass is 16.1. The quantitative estimate of drug-likeness (QED) is 0.784. The first-order chi connectivity index (χ1) is 11.1. The number of hydrogen-bond donors (Lipinski definition) is 1. The van der Waals surface area contributed by atoms with Crippen LogP contribution >= 0.6 is 0 Å². The van der Waals surface area contributed by atoms with Crippen molar-refractivity contribution >= 4 is 22.6 Å². The van der Waals surface area contributed by atoms with Crippen LogP contribution in [0.3, 0.4) is 0 Å². The number of pyridine rings is 1. The van der Waals surface area contributed by atoms with Gasteiger partial charge in [-0.15, -0.1) is 0 Å². The van der Waals surface area contributed by atoms with Crippen LogP contribution < -0.4 is 5.73 Å². The van der Waals surface area contributed by atoms with Gasteiger partial charge in [0.25, 0.3) is 5.91 Å². The van der Waals surface area contributed by atoms with E-state index in [9.17, 15) is 9.59 Å². The van der Waals surface area contributed by atoms with Crippen LogP contribution in [-0.2, 0) is 6.42 Å². The Kier molecular flexibility index (Phi) is 2.97. The maximum Gasteiger partial charge on any atom is 0.269 e. The van der Waals surface area contributed by atoms with Crippen molar-refractivity contribution in [3.8, 4) is 5.82 Å². The van der Waals surface area contributed by atoms with E-state index in [1.807, 2.05) is 36.4 Å². The molecule has 0 aliphatic heterocycles. The van der Waals surface area contributed by atoms with E-state index in [4.69, 9.17) is 5.73 Å². The number of amides is 1. The lowest BCUT2D eigenvalue weighted by Gasteiger charge is -2.13. The highest BCUT2D eigenvalue weighted by molar-refractivity contribution is 6.08. The lowest BCUT2D eigenvalue weighted by atomic mass is 9.94. The minimum absolute atomic E-state index is 0.0414. The smallest absolute Gasteiger partial charge is 0.269 e. The van der Waals surface area contributed by atoms with Gasteiger partial charge in [0.1, 0.15) is 0 Å². The summed E-state index contributed by atoms with van der Waals surface area (Å²) in [6, 6.07) is 11.5. The molecule has 3 aromatic rings. The molecule has 0 bridgehead atoms. The summed E-state index contributed by atoms with van der Waals surface area (Å²) in [5.74, 6) is -0.176. The van der Waals surface area contributed by atoms with Crippen LogP contribution in [0.2, 0.25) is 0 Å². The van der Waals surface area contributed by atoms with Crippen molar-refractivity contribution in [2.75, 3.05) is 0 Å². The van der Waals surface area contributed by atoms with Gasteiger partial charge < -0.3 is 5.73 Å². The number of Topliss-reactive ketones (excluding diaryl/α,β-unsaturated/α-hetero) is 1. The van der Waals surface area contributed by atoms with Crippen LogP contribution in [0.15, 0.2) is 36.4 Å². The highest BCUT2D eigenvalue weighted by Gasteiger charge is 2.30. The van der Waals surface area contributed by atoms with Gasteiger partial charge in [-0.25, -0.2) is 9.67 Å². The molecule has 1 aliphatic rings. The van der Waals surface area contributed by atoms with E-state index in [0.717, 1.165) is 23.0 Å². The first kappa shape index (κ1) is 13.6. The van der Waals surface area contributed by atoms with Gasteiger partial charge in [-0.05, 0) is 31.0 Å². The van der Waals surface area contributed by atoms with E-state index in [-0.39, 0.29) is 11.5 Å². The first-order valence-electron chi connectivity index (χ1n) is 7.46. The number of benzene rings is 1. The summed E-state index contributed by atoms with van der Waals surface area (Å²) in [6.07, 6.45) is 1.84. The molecule has 114 valence electrons. The van der Waals surface area contributed by atoms with Crippen molar-refractivity contribution in [1.29, 1.82) is 0 Å². The molecule has 2 N–H and O–H groups in total. The number of aromatic nitrogens is 3. The van der Waals surface area contributed by atoms with E-state index >= 15 is 0 Å². The minimum atomic E-state index is -0.684. The topological polar surface area (TPSA) is 90.9 Å². The Morgan fingerprint density at radius 1 is 1.13 bits per heavy atom. The molecule has 1 aliphatic carbocycles. The molecular weight excluding hydrogens is 292 g/mol. The monoisotopic (exact) mass is 306 g/mol. The number of nitrogens with zero attached hydrogens (tertiary/aromatic N) is 3. The number of ketones is 1. The van der Waals surface area contributed by atoms with Crippen LogP contribution in [-0.4, -0.2) is 26.5 Å². The average Bonchev–Trinajstić information content (AvgIpc) is 2.96. The van der Waals surface area contributed by atoms with Gasteiger partial charge in [-0.2, -0.15) is 5.10 Å². The van der Waals surface area contributed by atoms with E-state index < -0.39 is 5.91 Å². The van der Waals surface area contributed by atoms with Gasteiger partial charge in [0, 0.05) is 11.8 Å². The van der Waals surface area contributed by atoms with Crippen molar-refractivity contribution in [3.05, 3.63) is 53.3 Å². The number of fused-ring (bicyclic) bond motifs is 2. The maximum absolute atomic E-state index is 12.2. The number of carbonyl (C=O) groups is 2. The summed E-state index contributed by atoms with van der Waals surface area (Å²) in [7, 11) is 0. The third-order valence-corrected chi connectivity index (χ3v) is 4.11. The molecule has 0 atom stereocenters. The Hall–Kier alpha value is -3.02. The number of hydrogen-bond acceptors (Lipinski definition) is 4. The summed E-state index contributed by atoms with van der Waals surface area (Å²) in [5, 5.41) is 5.29. The number of carbonyl (C=O) groups excluding carboxylic acids is 2. The predicted octanol–water partition coefficient (Wildman–Crippen LogP) is 2.04. The van der Waals surface area contributed by atoms with E-state index in [1.165, 1.54) is 0 Å². The normalized spacial score (nSPS) is 14.0. The lowest BCUT2D eigenvalue weighted by molar-refractivity contribution is 0.0948. The third-order valence-electron chi connectivity index (χ3n) is 4.11. The molecule has 2 heterocycles. The zero-order valence-electron chi connectivity index (χ0n) is 12.3. The third kappa shape index (κ3) is 2.11. The van der Waals surface area contributed by atoms with Gasteiger partial charge in [0.05, 0.1) is 16.8 Å². The number of para-hydroxylation sites is 1. The molecule has 0 fully saturated rings. The molecule has 6 nitrogen and oxygen atoms in total. The molecule has 0 saturated heterocycles. The Morgan fingerprint density at radius 3 is 2.78 bits per heavy atom. The predicted molar refractivity (Wildman–Crippen MR) is 84.7 cm³/mol. The second-order valence-corrected chi connectivity index (χ2v) is 5.59. The molecule has 4 rings (SSSR count). The lowest BCUT2D eigenvalue weighted by Crippen LogP contribution is -2.18. The Labute approximate surface area is 131 Å². The van der Waals surface area contributed by atoms with Crippen LogP contribution in [0, 0.1) is 0 Å². The molecule has 6 heteroatoms. The molecule has 1 amide bonds. The van der Waals surface area contributed by atoms with Gasteiger partial charge in [-0.3, -0.25) is 9.59 Å². The summed E-state index contributed by atoms with van der Waals surface area (Å²) in [5.41, 5.74) is 7.35. The molecule has 0 radical (unpaired) electrons. The van der Waals surface area contributed by atoms with Gasteiger partial charge in [0.15, 0.2) is 17.3 Å². The van der Waals surface area contributed by atoms with Crippen LogP contribution in [0.1, 0.15) is 39.4 Å². The van der Waals surface area contributed by atoms with Crippen molar-refractivity contribution in [2.24, 2.45) is 5.73 Å². The molecular formula is C17H14N4O2. The Morgan fingerprint density at radius 2 is 1.96 bits per heavy atom. The largest absolute Gasteiger partial charge is 0.364 e. The molecule has 0 spiro atoms. The summed E-state index contributed by atoms with van der Waals surface area (Å²) >= 11 is 0. The second kappa shape index (κ2) is 5.01. The fraction of sp³-hybridized carbons (Fsp3) is 0.176. The second-order valence-electron chi connectivity index (χ2n) is 5.59. The first-order valence-corrected chi connectivity index (χ1v) is 7.46. The molecule has 1 aromatic carbocycles. The van der Waals surface area contributed by atoms with Crippen molar-refractivity contribution in [2.45, 2.75) is 19.3 Å². The van der Waals surface area contributed by atoms with Crippen LogP contribution in [0.5, 0.6) is 0 Å². The Balaban J connectivity index is 1.95. The SMILES string of the molecule is NC(=O)c1nn(-c2ccc3ccccc3n2)c2c1C(=O)CCC2. The zero-order valence-corrected chi connectivity index (χ0v) is 12.3. The van der Waals surface area contributed by atoms with Crippen molar-refractivity contribution in [1.82, 2.24) is 14.8 Å². The fourth-order valence-corrected chi connectivity index (χ4v) is 3.05. The molecule has 23 heavy (non-hydrogen) atoms. The molecule has 0 unspecified atom stereocenters. The molecule has 0 saturated carbocycles. The van der Waals surface area contributed by atoms with Gasteiger partial charge >= 0.3 is 0 Å². The van der Waals surface area contributed by atoms with E-state index in [2.05, 4.69) is 10.1 Å². The number of rotatable bonds is 2. The molecule has 2 aromatic heterocycles. The van der Waals surface area contributed by atoms with Crippen LogP contribution in [0.25, 0.3) is 16.7 Å². The maximum atomic E-state index is 12.2. The summed E-state index contributed by atoms with van der Waals surface area (Å²) in [6.45, 7) is 0. The minimum Gasteiger partial charge on any atom is -0.364 e. The van der Waals surface area contributed by atoms with Crippen molar-refractivity contribution in [3.63, 3.8) is 0 Å². The number of primary amides is 1. The van der Waals surface area contributed by atoms with E-state index in [0.29, 0.717) is 24.2 Å².